The van der Waals surface area contributed by atoms with E-state index in [0.29, 0.717) is 6.54 Å². The second kappa shape index (κ2) is 6.32. The summed E-state index contributed by atoms with van der Waals surface area (Å²) in [5, 5.41) is 0.982. The second-order valence-electron chi connectivity index (χ2n) is 5.73. The minimum absolute atomic E-state index is 0.192. The number of hydrogen-bond donors (Lipinski definition) is 2. The highest BCUT2D eigenvalue weighted by Gasteiger charge is 2.14. The molecule has 0 atom stereocenters. The molecule has 3 N–H and O–H groups in total. The summed E-state index contributed by atoms with van der Waals surface area (Å²) in [6.07, 6.45) is 2.90. The lowest BCUT2D eigenvalue weighted by molar-refractivity contribution is 0.629. The zero-order valence-electron chi connectivity index (χ0n) is 12.8. The van der Waals surface area contributed by atoms with E-state index in [1.54, 1.807) is 6.07 Å². The van der Waals surface area contributed by atoms with Crippen LogP contribution >= 0.6 is 0 Å². The summed E-state index contributed by atoms with van der Waals surface area (Å²) in [7, 11) is 0. The van der Waals surface area contributed by atoms with Gasteiger partial charge in [-0.05, 0) is 62.1 Å². The number of fused-ring (bicyclic) bond motifs is 1. The third-order valence-corrected chi connectivity index (χ3v) is 4.16. The Bertz CT molecular complexity index is 789. The van der Waals surface area contributed by atoms with Gasteiger partial charge in [0.2, 0.25) is 0 Å². The monoisotopic (exact) mass is 296 g/mol. The number of aromatic amines is 1. The van der Waals surface area contributed by atoms with Gasteiger partial charge in [-0.2, -0.15) is 0 Å². The van der Waals surface area contributed by atoms with Crippen molar-refractivity contribution in [3.63, 3.8) is 0 Å². The molecule has 0 aliphatic heterocycles. The van der Waals surface area contributed by atoms with E-state index in [-0.39, 0.29) is 5.82 Å². The van der Waals surface area contributed by atoms with E-state index in [1.165, 1.54) is 22.8 Å². The number of halogens is 1. The molecule has 114 valence electrons. The minimum atomic E-state index is -0.192. The van der Waals surface area contributed by atoms with Crippen LogP contribution < -0.4 is 5.73 Å². The molecule has 1 aromatic heterocycles. The summed E-state index contributed by atoms with van der Waals surface area (Å²) in [4.78, 5) is 3.48. The minimum Gasteiger partial charge on any atom is -0.354 e. The van der Waals surface area contributed by atoms with Crippen LogP contribution in [-0.4, -0.2) is 11.5 Å². The summed E-state index contributed by atoms with van der Waals surface area (Å²) < 4.78 is 13.7. The van der Waals surface area contributed by atoms with Crippen molar-refractivity contribution in [2.24, 2.45) is 5.73 Å². The van der Waals surface area contributed by atoms with E-state index in [2.05, 4.69) is 24.0 Å². The third kappa shape index (κ3) is 2.77. The molecule has 0 spiro atoms. The molecule has 22 heavy (non-hydrogen) atoms. The number of unbranched alkanes of at least 4 members (excludes halogenated alkanes) is 1. The fraction of sp³-hybridized carbons (Fsp3) is 0.263. The lowest BCUT2D eigenvalue weighted by atomic mass is 9.98. The van der Waals surface area contributed by atoms with E-state index in [1.807, 2.05) is 18.2 Å². The molecule has 3 aromatic rings. The quantitative estimate of drug-likeness (QED) is 0.666. The third-order valence-electron chi connectivity index (χ3n) is 4.16. The average molecular weight is 296 g/mol. The molecule has 0 radical (unpaired) electrons. The van der Waals surface area contributed by atoms with Crippen LogP contribution in [0.2, 0.25) is 0 Å². The topological polar surface area (TPSA) is 41.8 Å². The van der Waals surface area contributed by atoms with E-state index in [4.69, 9.17) is 5.73 Å². The molecule has 0 saturated heterocycles. The standard InChI is InChI=1S/C19H21FN2/c1-13-6-2-3-7-15(13)19-16(8-4-5-11-21)17-12-14(20)9-10-18(17)22-19/h2-3,6-7,9-10,12,22H,4-5,8,11,21H2,1H3. The number of benzene rings is 2. The SMILES string of the molecule is Cc1ccccc1-c1[nH]c2ccc(F)cc2c1CCCCN. The second-order valence-corrected chi connectivity index (χ2v) is 5.73. The maximum Gasteiger partial charge on any atom is 0.123 e. The van der Waals surface area contributed by atoms with Gasteiger partial charge in [0.25, 0.3) is 0 Å². The normalized spacial score (nSPS) is 11.2. The molecule has 0 amide bonds. The molecule has 3 rings (SSSR count). The first-order valence-corrected chi connectivity index (χ1v) is 7.77. The summed E-state index contributed by atoms with van der Waals surface area (Å²) >= 11 is 0. The van der Waals surface area contributed by atoms with Gasteiger partial charge in [-0.1, -0.05) is 24.3 Å². The van der Waals surface area contributed by atoms with Crippen molar-refractivity contribution in [1.29, 1.82) is 0 Å². The first-order valence-electron chi connectivity index (χ1n) is 7.77. The predicted molar refractivity (Wildman–Crippen MR) is 90.4 cm³/mol. The van der Waals surface area contributed by atoms with Crippen molar-refractivity contribution in [3.8, 4) is 11.3 Å². The van der Waals surface area contributed by atoms with Gasteiger partial charge >= 0.3 is 0 Å². The lowest BCUT2D eigenvalue weighted by Crippen LogP contribution is -1.99. The van der Waals surface area contributed by atoms with E-state index < -0.39 is 0 Å². The van der Waals surface area contributed by atoms with Gasteiger partial charge in [0, 0.05) is 22.2 Å². The predicted octanol–water partition coefficient (Wildman–Crippen LogP) is 4.56. The number of aryl methyl sites for hydroxylation is 2. The highest BCUT2D eigenvalue weighted by Crippen LogP contribution is 2.33. The van der Waals surface area contributed by atoms with E-state index in [0.717, 1.165) is 35.9 Å². The van der Waals surface area contributed by atoms with Gasteiger partial charge in [0.1, 0.15) is 5.82 Å². The Morgan fingerprint density at radius 1 is 1.09 bits per heavy atom. The fourth-order valence-electron chi connectivity index (χ4n) is 3.01. The van der Waals surface area contributed by atoms with Gasteiger partial charge < -0.3 is 10.7 Å². The van der Waals surface area contributed by atoms with Crippen molar-refractivity contribution >= 4 is 10.9 Å². The molecule has 3 heteroatoms. The maximum absolute atomic E-state index is 13.7. The zero-order valence-corrected chi connectivity index (χ0v) is 12.8. The van der Waals surface area contributed by atoms with Crippen LogP contribution in [0.1, 0.15) is 24.0 Å². The number of H-pyrrole nitrogens is 1. The average Bonchev–Trinajstić information content (AvgIpc) is 2.86. The molecule has 2 aromatic carbocycles. The summed E-state index contributed by atoms with van der Waals surface area (Å²) in [6.45, 7) is 2.79. The first-order chi connectivity index (χ1) is 10.7. The molecule has 1 heterocycles. The van der Waals surface area contributed by atoms with Crippen molar-refractivity contribution in [3.05, 3.63) is 59.4 Å². The smallest absolute Gasteiger partial charge is 0.123 e. The van der Waals surface area contributed by atoms with Gasteiger partial charge in [-0.3, -0.25) is 0 Å². The van der Waals surface area contributed by atoms with Crippen molar-refractivity contribution in [1.82, 2.24) is 4.98 Å². The Morgan fingerprint density at radius 2 is 1.91 bits per heavy atom. The first kappa shape index (κ1) is 14.8. The van der Waals surface area contributed by atoms with Crippen LogP contribution in [0.5, 0.6) is 0 Å². The van der Waals surface area contributed by atoms with Crippen LogP contribution in [0.3, 0.4) is 0 Å². The Balaban J connectivity index is 2.15. The van der Waals surface area contributed by atoms with Gasteiger partial charge in [-0.15, -0.1) is 0 Å². The molecular weight excluding hydrogens is 275 g/mol. The number of hydrogen-bond acceptors (Lipinski definition) is 1. The Morgan fingerprint density at radius 3 is 2.68 bits per heavy atom. The van der Waals surface area contributed by atoms with Crippen molar-refractivity contribution in [2.45, 2.75) is 26.2 Å². The van der Waals surface area contributed by atoms with Crippen LogP contribution in [0.15, 0.2) is 42.5 Å². The van der Waals surface area contributed by atoms with Gasteiger partial charge in [0.15, 0.2) is 0 Å². The molecule has 0 aliphatic rings. The number of aromatic nitrogens is 1. The number of nitrogens with one attached hydrogen (secondary N) is 1. The number of rotatable bonds is 5. The van der Waals surface area contributed by atoms with Crippen molar-refractivity contribution < 1.29 is 4.39 Å². The summed E-state index contributed by atoms with van der Waals surface area (Å²) in [5.41, 5.74) is 11.3. The van der Waals surface area contributed by atoms with Crippen LogP contribution in [-0.2, 0) is 6.42 Å². The molecule has 0 bridgehead atoms. The molecule has 0 fully saturated rings. The van der Waals surface area contributed by atoms with Crippen LogP contribution in [0.25, 0.3) is 22.2 Å². The highest BCUT2D eigenvalue weighted by atomic mass is 19.1. The Labute approximate surface area is 130 Å². The zero-order chi connectivity index (χ0) is 15.5. The highest BCUT2D eigenvalue weighted by molar-refractivity contribution is 5.91. The lowest BCUT2D eigenvalue weighted by Gasteiger charge is -2.08. The number of nitrogens with two attached hydrogens (primary N) is 1. The van der Waals surface area contributed by atoms with E-state index in [9.17, 15) is 4.39 Å². The van der Waals surface area contributed by atoms with Crippen LogP contribution in [0.4, 0.5) is 4.39 Å². The van der Waals surface area contributed by atoms with Gasteiger partial charge in [-0.25, -0.2) is 4.39 Å². The maximum atomic E-state index is 13.7. The molecular formula is C19H21FN2. The van der Waals surface area contributed by atoms with Crippen molar-refractivity contribution in [2.75, 3.05) is 6.54 Å². The largest absolute Gasteiger partial charge is 0.354 e. The van der Waals surface area contributed by atoms with E-state index >= 15 is 0 Å². The summed E-state index contributed by atoms with van der Waals surface area (Å²) in [6, 6.07) is 13.2. The Kier molecular flexibility index (Phi) is 4.25. The fourth-order valence-corrected chi connectivity index (χ4v) is 3.01. The Hall–Kier alpha value is -2.13. The molecule has 0 unspecified atom stereocenters. The molecule has 0 saturated carbocycles. The van der Waals surface area contributed by atoms with Gasteiger partial charge in [0.05, 0.1) is 0 Å². The summed E-state index contributed by atoms with van der Waals surface area (Å²) in [5.74, 6) is -0.192. The molecule has 0 aliphatic carbocycles. The van der Waals surface area contributed by atoms with Crippen LogP contribution in [0, 0.1) is 12.7 Å². The molecule has 2 nitrogen and oxygen atoms in total.